The van der Waals surface area contributed by atoms with Crippen LogP contribution < -0.4 is 10.9 Å². The van der Waals surface area contributed by atoms with Gasteiger partial charge in [0.25, 0.3) is 5.56 Å². The van der Waals surface area contributed by atoms with Crippen molar-refractivity contribution in [2.45, 2.75) is 19.3 Å². The van der Waals surface area contributed by atoms with Gasteiger partial charge >= 0.3 is 5.97 Å². The number of aromatic amines is 1. The van der Waals surface area contributed by atoms with E-state index in [0.29, 0.717) is 18.4 Å². The summed E-state index contributed by atoms with van der Waals surface area (Å²) in [5.41, 5.74) is 2.37. The second kappa shape index (κ2) is 7.61. The highest BCUT2D eigenvalue weighted by Gasteiger charge is 2.08. The largest absolute Gasteiger partial charge is 0.481 e. The summed E-state index contributed by atoms with van der Waals surface area (Å²) in [7, 11) is 0. The third-order valence-electron chi connectivity index (χ3n) is 3.98. The summed E-state index contributed by atoms with van der Waals surface area (Å²) in [6.07, 6.45) is 1.62. The lowest BCUT2D eigenvalue weighted by molar-refractivity contribution is -0.137. The molecule has 6 heteroatoms. The van der Waals surface area contributed by atoms with E-state index in [9.17, 15) is 9.59 Å². The van der Waals surface area contributed by atoms with Crippen LogP contribution in [-0.4, -0.2) is 27.8 Å². The average Bonchev–Trinajstić information content (AvgIpc) is 2.62. The molecule has 25 heavy (non-hydrogen) atoms. The summed E-state index contributed by atoms with van der Waals surface area (Å²) in [6.45, 7) is 0.705. The first-order valence-corrected chi connectivity index (χ1v) is 8.18. The van der Waals surface area contributed by atoms with Crippen molar-refractivity contribution in [3.63, 3.8) is 0 Å². The van der Waals surface area contributed by atoms with Gasteiger partial charge in [-0.15, -0.1) is 0 Å². The first-order valence-electron chi connectivity index (χ1n) is 8.18. The fraction of sp³-hybridized carbons (Fsp3) is 0.211. The van der Waals surface area contributed by atoms with Crippen molar-refractivity contribution in [1.29, 1.82) is 0 Å². The van der Waals surface area contributed by atoms with Crippen LogP contribution in [0.1, 0.15) is 19.3 Å². The predicted octanol–water partition coefficient (Wildman–Crippen LogP) is 3.26. The van der Waals surface area contributed by atoms with Gasteiger partial charge in [-0.3, -0.25) is 9.59 Å². The molecule has 6 nitrogen and oxygen atoms in total. The number of hydrogen-bond acceptors (Lipinski definition) is 4. The number of unbranched alkanes of at least 4 members (excludes halogenated alkanes) is 1. The highest BCUT2D eigenvalue weighted by molar-refractivity contribution is 5.94. The van der Waals surface area contributed by atoms with Gasteiger partial charge < -0.3 is 10.4 Å². The van der Waals surface area contributed by atoms with Gasteiger partial charge in [0.05, 0.1) is 11.1 Å². The molecule has 3 aromatic rings. The van der Waals surface area contributed by atoms with E-state index in [1.807, 2.05) is 42.5 Å². The number of carbonyl (C=O) groups is 1. The molecule has 0 amide bonds. The van der Waals surface area contributed by atoms with Crippen molar-refractivity contribution >= 4 is 22.4 Å². The smallest absolute Gasteiger partial charge is 0.303 e. The second-order valence-electron chi connectivity index (χ2n) is 5.81. The zero-order valence-corrected chi connectivity index (χ0v) is 13.7. The molecule has 0 aliphatic heterocycles. The Kier molecular flexibility index (Phi) is 5.09. The molecule has 0 atom stereocenters. The van der Waals surface area contributed by atoms with Gasteiger partial charge in [-0.05, 0) is 31.0 Å². The molecule has 1 aromatic heterocycles. The molecule has 0 aliphatic carbocycles. The first kappa shape index (κ1) is 16.7. The number of nitrogens with one attached hydrogen (secondary N) is 2. The molecular formula is C19H19N3O3. The van der Waals surface area contributed by atoms with Crippen LogP contribution in [0.15, 0.2) is 53.3 Å². The number of rotatable bonds is 7. The van der Waals surface area contributed by atoms with Crippen molar-refractivity contribution in [1.82, 2.24) is 10.2 Å². The van der Waals surface area contributed by atoms with E-state index in [4.69, 9.17) is 5.11 Å². The van der Waals surface area contributed by atoms with Crippen LogP contribution in [-0.2, 0) is 4.79 Å². The molecule has 0 spiro atoms. The van der Waals surface area contributed by atoms with Gasteiger partial charge in [0.2, 0.25) is 0 Å². The summed E-state index contributed by atoms with van der Waals surface area (Å²) in [5, 5.41) is 20.1. The molecule has 1 heterocycles. The van der Waals surface area contributed by atoms with E-state index in [-0.39, 0.29) is 12.0 Å². The Morgan fingerprint density at radius 1 is 1.08 bits per heavy atom. The van der Waals surface area contributed by atoms with Gasteiger partial charge in [0, 0.05) is 29.6 Å². The van der Waals surface area contributed by atoms with Crippen LogP contribution in [0.3, 0.4) is 0 Å². The van der Waals surface area contributed by atoms with Gasteiger partial charge in [-0.1, -0.05) is 30.3 Å². The SMILES string of the molecule is O=C(O)CCCCNc1cccc(-c2n[nH]c(=O)c3ccccc23)c1. The Bertz CT molecular complexity index is 950. The molecule has 3 rings (SSSR count). The number of carboxylic acid groups (broad SMARTS) is 1. The van der Waals surface area contributed by atoms with Crippen molar-refractivity contribution < 1.29 is 9.90 Å². The molecule has 0 aliphatic rings. The lowest BCUT2D eigenvalue weighted by Crippen LogP contribution is -2.09. The summed E-state index contributed by atoms with van der Waals surface area (Å²) >= 11 is 0. The van der Waals surface area contributed by atoms with Crippen LogP contribution in [0.2, 0.25) is 0 Å². The summed E-state index contributed by atoms with van der Waals surface area (Å²) in [4.78, 5) is 22.4. The van der Waals surface area contributed by atoms with Crippen LogP contribution >= 0.6 is 0 Å². The standard InChI is InChI=1S/C19H19N3O3/c23-17(24)10-3-4-11-20-14-7-5-6-13(12-14)18-15-8-1-2-9-16(15)19(25)22-21-18/h1-2,5-9,12,20H,3-4,10-11H2,(H,22,25)(H,23,24). The van der Waals surface area contributed by atoms with E-state index < -0.39 is 5.97 Å². The summed E-state index contributed by atoms with van der Waals surface area (Å²) < 4.78 is 0. The van der Waals surface area contributed by atoms with Crippen molar-refractivity contribution in [3.05, 3.63) is 58.9 Å². The van der Waals surface area contributed by atoms with E-state index in [2.05, 4.69) is 15.5 Å². The summed E-state index contributed by atoms with van der Waals surface area (Å²) in [5.74, 6) is -0.766. The lowest BCUT2D eigenvalue weighted by atomic mass is 10.0. The number of nitrogens with zero attached hydrogens (tertiary/aromatic N) is 1. The minimum atomic E-state index is -0.766. The maximum absolute atomic E-state index is 11.9. The third-order valence-corrected chi connectivity index (χ3v) is 3.98. The Balaban J connectivity index is 1.79. The Morgan fingerprint density at radius 3 is 2.68 bits per heavy atom. The number of aliphatic carboxylic acids is 1. The number of anilines is 1. The predicted molar refractivity (Wildman–Crippen MR) is 97.8 cm³/mol. The van der Waals surface area contributed by atoms with Crippen LogP contribution in [0.4, 0.5) is 5.69 Å². The molecule has 0 saturated heterocycles. The Labute approximate surface area is 144 Å². The normalized spacial score (nSPS) is 10.7. The maximum atomic E-state index is 11.9. The molecule has 0 fully saturated rings. The van der Waals surface area contributed by atoms with E-state index in [0.717, 1.165) is 28.8 Å². The second-order valence-corrected chi connectivity index (χ2v) is 5.81. The molecule has 0 bridgehead atoms. The fourth-order valence-electron chi connectivity index (χ4n) is 2.75. The molecular weight excluding hydrogens is 318 g/mol. The number of H-pyrrole nitrogens is 1. The van der Waals surface area contributed by atoms with Crippen LogP contribution in [0.5, 0.6) is 0 Å². The topological polar surface area (TPSA) is 95.1 Å². The molecule has 0 radical (unpaired) electrons. The monoisotopic (exact) mass is 337 g/mol. The quantitative estimate of drug-likeness (QED) is 0.575. The zero-order chi connectivity index (χ0) is 17.6. The molecule has 0 saturated carbocycles. The van der Waals surface area contributed by atoms with Gasteiger partial charge in [-0.25, -0.2) is 5.10 Å². The zero-order valence-electron chi connectivity index (χ0n) is 13.7. The lowest BCUT2D eigenvalue weighted by Gasteiger charge is -2.09. The minimum absolute atomic E-state index is 0.189. The van der Waals surface area contributed by atoms with Crippen molar-refractivity contribution in [2.75, 3.05) is 11.9 Å². The molecule has 2 aromatic carbocycles. The fourth-order valence-corrected chi connectivity index (χ4v) is 2.75. The minimum Gasteiger partial charge on any atom is -0.481 e. The van der Waals surface area contributed by atoms with E-state index in [1.54, 1.807) is 6.07 Å². The Hall–Kier alpha value is -3.15. The third kappa shape index (κ3) is 4.03. The summed E-state index contributed by atoms with van der Waals surface area (Å²) in [6, 6.07) is 15.2. The molecule has 0 unspecified atom stereocenters. The maximum Gasteiger partial charge on any atom is 0.303 e. The van der Waals surface area contributed by atoms with Crippen molar-refractivity contribution in [2.24, 2.45) is 0 Å². The molecule has 3 N–H and O–H groups in total. The van der Waals surface area contributed by atoms with Crippen molar-refractivity contribution in [3.8, 4) is 11.3 Å². The molecule has 128 valence electrons. The van der Waals surface area contributed by atoms with Gasteiger partial charge in [-0.2, -0.15) is 5.10 Å². The van der Waals surface area contributed by atoms with Gasteiger partial charge in [0.1, 0.15) is 0 Å². The first-order chi connectivity index (χ1) is 12.1. The van der Waals surface area contributed by atoms with Crippen LogP contribution in [0.25, 0.3) is 22.0 Å². The van der Waals surface area contributed by atoms with E-state index in [1.165, 1.54) is 0 Å². The Morgan fingerprint density at radius 2 is 1.88 bits per heavy atom. The number of fused-ring (bicyclic) bond motifs is 1. The van der Waals surface area contributed by atoms with Gasteiger partial charge in [0.15, 0.2) is 0 Å². The van der Waals surface area contributed by atoms with Crippen LogP contribution in [0, 0.1) is 0 Å². The number of benzene rings is 2. The average molecular weight is 337 g/mol. The highest BCUT2D eigenvalue weighted by atomic mass is 16.4. The highest BCUT2D eigenvalue weighted by Crippen LogP contribution is 2.26. The van der Waals surface area contributed by atoms with E-state index >= 15 is 0 Å². The number of aromatic nitrogens is 2. The number of hydrogen-bond donors (Lipinski definition) is 3. The number of carboxylic acids is 1.